The molecule has 0 aliphatic heterocycles. The van der Waals surface area contributed by atoms with Crippen molar-refractivity contribution in [3.05, 3.63) is 40.9 Å². The van der Waals surface area contributed by atoms with Crippen molar-refractivity contribution in [2.24, 2.45) is 0 Å². The highest BCUT2D eigenvalue weighted by Crippen LogP contribution is 2.26. The van der Waals surface area contributed by atoms with E-state index in [0.29, 0.717) is 5.69 Å². The van der Waals surface area contributed by atoms with Gasteiger partial charge in [-0.2, -0.15) is 15.4 Å². The van der Waals surface area contributed by atoms with Crippen LogP contribution in [0.4, 0.5) is 10.1 Å². The number of carbonyl (C=O) groups excluding carboxylic acids is 1. The molecule has 0 unspecified atom stereocenters. The summed E-state index contributed by atoms with van der Waals surface area (Å²) in [7, 11) is 1.52. The van der Waals surface area contributed by atoms with Crippen molar-refractivity contribution in [2.45, 2.75) is 0 Å². The van der Waals surface area contributed by atoms with Crippen LogP contribution in [-0.4, -0.2) is 28.4 Å². The van der Waals surface area contributed by atoms with Crippen LogP contribution in [0.5, 0.6) is 0 Å². The summed E-state index contributed by atoms with van der Waals surface area (Å²) < 4.78 is 12.9. The van der Waals surface area contributed by atoms with E-state index in [0.717, 1.165) is 6.07 Å². The zero-order valence-corrected chi connectivity index (χ0v) is 9.57. The molecule has 1 aromatic carbocycles. The molecule has 1 aromatic heterocycles. The van der Waals surface area contributed by atoms with Gasteiger partial charge in [0.25, 0.3) is 5.91 Å². The number of carbonyl (C=O) groups is 1. The van der Waals surface area contributed by atoms with E-state index >= 15 is 0 Å². The van der Waals surface area contributed by atoms with E-state index < -0.39 is 5.82 Å². The van der Waals surface area contributed by atoms with Crippen molar-refractivity contribution in [3.63, 3.8) is 0 Å². The molecule has 0 aliphatic rings. The molecule has 0 aliphatic carbocycles. The van der Waals surface area contributed by atoms with Gasteiger partial charge < -0.3 is 4.90 Å². The maximum Gasteiger partial charge on any atom is 0.280 e. The molecule has 0 bridgehead atoms. The third kappa shape index (κ3) is 2.26. The number of aromatic amines is 1. The fourth-order valence-corrected chi connectivity index (χ4v) is 1.63. The van der Waals surface area contributed by atoms with Gasteiger partial charge in [-0.3, -0.25) is 4.79 Å². The first kappa shape index (κ1) is 11.5. The second kappa shape index (κ2) is 4.50. The zero-order chi connectivity index (χ0) is 12.4. The Balaban J connectivity index is 2.31. The van der Waals surface area contributed by atoms with Gasteiger partial charge in [-0.15, -0.1) is 0 Å². The molecule has 0 saturated heterocycles. The predicted molar refractivity (Wildman–Crippen MR) is 60.5 cm³/mol. The summed E-state index contributed by atoms with van der Waals surface area (Å²) in [6.07, 6.45) is 1.30. The third-order valence-electron chi connectivity index (χ3n) is 2.21. The molecule has 2 aromatic rings. The van der Waals surface area contributed by atoms with E-state index in [1.165, 1.54) is 30.3 Å². The van der Waals surface area contributed by atoms with Crippen LogP contribution in [0, 0.1) is 5.82 Å². The van der Waals surface area contributed by atoms with Gasteiger partial charge in [0, 0.05) is 7.05 Å². The van der Waals surface area contributed by atoms with Crippen LogP contribution >= 0.6 is 11.6 Å². The maximum atomic E-state index is 12.9. The minimum atomic E-state index is -0.457. The summed E-state index contributed by atoms with van der Waals surface area (Å²) >= 11 is 5.85. The lowest BCUT2D eigenvalue weighted by atomic mass is 10.2. The highest BCUT2D eigenvalue weighted by molar-refractivity contribution is 6.34. The fraction of sp³-hybridized carbons (Fsp3) is 0.100. The van der Waals surface area contributed by atoms with Crippen LogP contribution < -0.4 is 4.90 Å². The average Bonchev–Trinajstić information content (AvgIpc) is 2.80. The topological polar surface area (TPSA) is 61.9 Å². The summed E-state index contributed by atoms with van der Waals surface area (Å²) in [4.78, 5) is 13.2. The van der Waals surface area contributed by atoms with Crippen molar-refractivity contribution in [2.75, 3.05) is 11.9 Å². The minimum absolute atomic E-state index is 0.157. The van der Waals surface area contributed by atoms with Crippen molar-refractivity contribution in [3.8, 4) is 0 Å². The van der Waals surface area contributed by atoms with Crippen molar-refractivity contribution >= 4 is 23.2 Å². The lowest BCUT2D eigenvalue weighted by Crippen LogP contribution is -2.26. The predicted octanol–water partition coefficient (Wildman–Crippen LogP) is 1.87. The minimum Gasteiger partial charge on any atom is -0.309 e. The molecule has 1 heterocycles. The molecule has 7 heteroatoms. The number of halogens is 2. The summed E-state index contributed by atoms with van der Waals surface area (Å²) in [5.41, 5.74) is 0.564. The average molecular weight is 255 g/mol. The maximum absolute atomic E-state index is 12.9. The lowest BCUT2D eigenvalue weighted by Gasteiger charge is -2.17. The van der Waals surface area contributed by atoms with Crippen LogP contribution in [-0.2, 0) is 0 Å². The van der Waals surface area contributed by atoms with E-state index in [1.807, 2.05) is 0 Å². The second-order valence-electron chi connectivity index (χ2n) is 3.32. The Morgan fingerprint density at radius 3 is 2.88 bits per heavy atom. The number of hydrogen-bond acceptors (Lipinski definition) is 3. The number of benzene rings is 1. The molecule has 0 spiro atoms. The van der Waals surface area contributed by atoms with E-state index in [-0.39, 0.29) is 16.6 Å². The number of rotatable bonds is 2. The number of hydrogen-bond donors (Lipinski definition) is 1. The molecule has 0 radical (unpaired) electrons. The highest BCUT2D eigenvalue weighted by atomic mass is 35.5. The van der Waals surface area contributed by atoms with Crippen LogP contribution in [0.2, 0.25) is 5.02 Å². The SMILES string of the molecule is CN(C(=O)c1cn[nH]n1)c1ccc(F)cc1Cl. The number of anilines is 1. The first-order chi connectivity index (χ1) is 8.09. The Morgan fingerprint density at radius 1 is 1.53 bits per heavy atom. The summed E-state index contributed by atoms with van der Waals surface area (Å²) in [5, 5.41) is 9.70. The van der Waals surface area contributed by atoms with Crippen LogP contribution in [0.3, 0.4) is 0 Å². The third-order valence-corrected chi connectivity index (χ3v) is 2.51. The number of aromatic nitrogens is 3. The van der Waals surface area contributed by atoms with Gasteiger partial charge in [-0.25, -0.2) is 4.39 Å². The molecular formula is C10H8ClFN4O. The van der Waals surface area contributed by atoms with Gasteiger partial charge in [0.2, 0.25) is 0 Å². The van der Waals surface area contributed by atoms with Gasteiger partial charge in [-0.05, 0) is 18.2 Å². The Labute approximate surface area is 101 Å². The lowest BCUT2D eigenvalue weighted by molar-refractivity contribution is 0.0988. The van der Waals surface area contributed by atoms with E-state index in [1.54, 1.807) is 0 Å². The smallest absolute Gasteiger partial charge is 0.280 e. The Morgan fingerprint density at radius 2 is 2.29 bits per heavy atom. The van der Waals surface area contributed by atoms with Gasteiger partial charge >= 0.3 is 0 Å². The number of H-pyrrole nitrogens is 1. The Hall–Kier alpha value is -1.95. The summed E-state index contributed by atoms with van der Waals surface area (Å²) in [6, 6.07) is 3.80. The van der Waals surface area contributed by atoms with Crippen molar-refractivity contribution in [1.29, 1.82) is 0 Å². The van der Waals surface area contributed by atoms with Gasteiger partial charge in [0.05, 0.1) is 16.9 Å². The van der Waals surface area contributed by atoms with E-state index in [9.17, 15) is 9.18 Å². The first-order valence-electron chi connectivity index (χ1n) is 4.68. The molecular weight excluding hydrogens is 247 g/mol. The van der Waals surface area contributed by atoms with Crippen molar-refractivity contribution in [1.82, 2.24) is 15.4 Å². The second-order valence-corrected chi connectivity index (χ2v) is 3.72. The molecule has 17 heavy (non-hydrogen) atoms. The molecule has 0 fully saturated rings. The largest absolute Gasteiger partial charge is 0.309 e. The fourth-order valence-electron chi connectivity index (χ4n) is 1.34. The Kier molecular flexibility index (Phi) is 3.06. The zero-order valence-electron chi connectivity index (χ0n) is 8.82. The summed E-state index contributed by atoms with van der Waals surface area (Å²) in [5.74, 6) is -0.840. The Bertz CT molecular complexity index is 543. The van der Waals surface area contributed by atoms with Crippen molar-refractivity contribution < 1.29 is 9.18 Å². The molecule has 88 valence electrons. The first-order valence-corrected chi connectivity index (χ1v) is 5.06. The van der Waals surface area contributed by atoms with Crippen LogP contribution in [0.25, 0.3) is 0 Å². The normalized spacial score (nSPS) is 10.3. The molecule has 1 N–H and O–H groups in total. The quantitative estimate of drug-likeness (QED) is 0.890. The van der Waals surface area contributed by atoms with Crippen LogP contribution in [0.15, 0.2) is 24.4 Å². The van der Waals surface area contributed by atoms with E-state index in [4.69, 9.17) is 11.6 Å². The highest BCUT2D eigenvalue weighted by Gasteiger charge is 2.18. The molecule has 0 saturated carbocycles. The number of amides is 1. The molecule has 5 nitrogen and oxygen atoms in total. The van der Waals surface area contributed by atoms with Gasteiger partial charge in [0.1, 0.15) is 5.82 Å². The molecule has 2 rings (SSSR count). The van der Waals surface area contributed by atoms with Gasteiger partial charge in [0.15, 0.2) is 5.69 Å². The number of nitrogens with one attached hydrogen (secondary N) is 1. The molecule has 1 amide bonds. The van der Waals surface area contributed by atoms with Crippen LogP contribution in [0.1, 0.15) is 10.5 Å². The monoisotopic (exact) mass is 254 g/mol. The molecule has 0 atom stereocenters. The number of nitrogens with zero attached hydrogens (tertiary/aromatic N) is 3. The van der Waals surface area contributed by atoms with E-state index in [2.05, 4.69) is 15.4 Å². The standard InChI is InChI=1S/C10H8ClFN4O/c1-16(10(17)8-5-13-15-14-8)9-3-2-6(12)4-7(9)11/h2-5H,1H3,(H,13,14,15). The summed E-state index contributed by atoms with van der Waals surface area (Å²) in [6.45, 7) is 0. The van der Waals surface area contributed by atoms with Gasteiger partial charge in [-0.1, -0.05) is 11.6 Å².